The number of rotatable bonds is 5. The zero-order chi connectivity index (χ0) is 19.3. The summed E-state index contributed by atoms with van der Waals surface area (Å²) in [5.74, 6) is 0.157. The normalized spacial score (nSPS) is 10.6. The SMILES string of the molecule is O=C(Nc1ccccc1Cc1nc(-c2cccnc2)no1)c1ccc(F)cc1. The van der Waals surface area contributed by atoms with Crippen molar-refractivity contribution in [1.29, 1.82) is 0 Å². The third-order valence-electron chi connectivity index (χ3n) is 4.10. The Labute approximate surface area is 160 Å². The summed E-state index contributed by atoms with van der Waals surface area (Å²) >= 11 is 0. The molecule has 2 heterocycles. The first-order valence-corrected chi connectivity index (χ1v) is 8.57. The summed E-state index contributed by atoms with van der Waals surface area (Å²) in [6.07, 6.45) is 3.68. The molecule has 2 aromatic heterocycles. The number of amides is 1. The van der Waals surface area contributed by atoms with Crippen molar-refractivity contribution >= 4 is 11.6 Å². The van der Waals surface area contributed by atoms with Crippen LogP contribution in [0.2, 0.25) is 0 Å². The van der Waals surface area contributed by atoms with Gasteiger partial charge in [-0.05, 0) is 48.0 Å². The fourth-order valence-electron chi connectivity index (χ4n) is 2.69. The maximum Gasteiger partial charge on any atom is 0.255 e. The minimum atomic E-state index is -0.391. The van der Waals surface area contributed by atoms with Gasteiger partial charge in [-0.15, -0.1) is 0 Å². The van der Waals surface area contributed by atoms with Gasteiger partial charge in [-0.1, -0.05) is 23.4 Å². The molecule has 28 heavy (non-hydrogen) atoms. The minimum Gasteiger partial charge on any atom is -0.339 e. The van der Waals surface area contributed by atoms with Crippen molar-refractivity contribution in [2.45, 2.75) is 6.42 Å². The number of benzene rings is 2. The molecule has 0 aliphatic heterocycles. The molecule has 0 unspecified atom stereocenters. The van der Waals surface area contributed by atoms with Gasteiger partial charge in [0.15, 0.2) is 0 Å². The second kappa shape index (κ2) is 7.79. The highest BCUT2D eigenvalue weighted by atomic mass is 19.1. The van der Waals surface area contributed by atoms with Crippen LogP contribution in [-0.2, 0) is 6.42 Å². The molecular weight excluding hydrogens is 359 g/mol. The predicted molar refractivity (Wildman–Crippen MR) is 101 cm³/mol. The lowest BCUT2D eigenvalue weighted by Crippen LogP contribution is -2.13. The highest BCUT2D eigenvalue weighted by Gasteiger charge is 2.13. The zero-order valence-electron chi connectivity index (χ0n) is 14.7. The maximum atomic E-state index is 13.0. The van der Waals surface area contributed by atoms with E-state index < -0.39 is 5.82 Å². The molecule has 0 spiro atoms. The largest absolute Gasteiger partial charge is 0.339 e. The van der Waals surface area contributed by atoms with Crippen LogP contribution in [0.15, 0.2) is 77.6 Å². The van der Waals surface area contributed by atoms with Gasteiger partial charge in [0.05, 0.1) is 6.42 Å². The van der Waals surface area contributed by atoms with Crippen molar-refractivity contribution in [3.8, 4) is 11.4 Å². The van der Waals surface area contributed by atoms with Gasteiger partial charge in [-0.3, -0.25) is 9.78 Å². The monoisotopic (exact) mass is 374 g/mol. The van der Waals surface area contributed by atoms with E-state index in [0.29, 0.717) is 29.4 Å². The van der Waals surface area contributed by atoms with E-state index in [0.717, 1.165) is 11.1 Å². The van der Waals surface area contributed by atoms with Crippen molar-refractivity contribution < 1.29 is 13.7 Å². The molecule has 2 aromatic carbocycles. The van der Waals surface area contributed by atoms with Gasteiger partial charge in [0.25, 0.3) is 5.91 Å². The number of aromatic nitrogens is 3. The molecule has 0 radical (unpaired) electrons. The van der Waals surface area contributed by atoms with E-state index in [1.807, 2.05) is 24.3 Å². The Morgan fingerprint density at radius 1 is 1.04 bits per heavy atom. The first-order chi connectivity index (χ1) is 13.7. The number of nitrogens with one attached hydrogen (secondary N) is 1. The molecule has 4 rings (SSSR count). The highest BCUT2D eigenvalue weighted by molar-refractivity contribution is 6.04. The van der Waals surface area contributed by atoms with Crippen LogP contribution in [-0.4, -0.2) is 21.0 Å². The Balaban J connectivity index is 1.53. The number of hydrogen-bond acceptors (Lipinski definition) is 5. The summed E-state index contributed by atoms with van der Waals surface area (Å²) in [6.45, 7) is 0. The van der Waals surface area contributed by atoms with Crippen LogP contribution in [0.25, 0.3) is 11.4 Å². The lowest BCUT2D eigenvalue weighted by molar-refractivity contribution is 0.102. The molecule has 0 bridgehead atoms. The van der Waals surface area contributed by atoms with Crippen LogP contribution in [0, 0.1) is 5.82 Å². The van der Waals surface area contributed by atoms with Crippen LogP contribution < -0.4 is 5.32 Å². The second-order valence-corrected chi connectivity index (χ2v) is 6.05. The second-order valence-electron chi connectivity index (χ2n) is 6.05. The van der Waals surface area contributed by atoms with Crippen LogP contribution in [0.4, 0.5) is 10.1 Å². The number of pyridine rings is 1. The molecule has 0 saturated carbocycles. The first-order valence-electron chi connectivity index (χ1n) is 8.57. The molecule has 0 aliphatic rings. The summed E-state index contributed by atoms with van der Waals surface area (Å²) in [4.78, 5) is 20.9. The Morgan fingerprint density at radius 3 is 2.64 bits per heavy atom. The Bertz CT molecular complexity index is 1090. The van der Waals surface area contributed by atoms with Crippen LogP contribution in [0.3, 0.4) is 0 Å². The minimum absolute atomic E-state index is 0.325. The molecule has 1 amide bonds. The van der Waals surface area contributed by atoms with E-state index in [1.54, 1.807) is 24.5 Å². The highest BCUT2D eigenvalue weighted by Crippen LogP contribution is 2.21. The van der Waals surface area contributed by atoms with Crippen molar-refractivity contribution in [2.24, 2.45) is 0 Å². The molecule has 0 saturated heterocycles. The van der Waals surface area contributed by atoms with Crippen LogP contribution in [0.1, 0.15) is 21.8 Å². The lowest BCUT2D eigenvalue weighted by atomic mass is 10.1. The van der Waals surface area contributed by atoms with Gasteiger partial charge in [0, 0.05) is 29.2 Å². The standard InChI is InChI=1S/C21H15FN4O2/c22-17-9-7-14(8-10-17)21(27)24-18-6-2-1-4-15(18)12-19-25-20(26-28-19)16-5-3-11-23-13-16/h1-11,13H,12H2,(H,24,27). The number of hydrogen-bond donors (Lipinski definition) is 1. The number of carbonyl (C=O) groups is 1. The Kier molecular flexibility index (Phi) is 4.88. The molecule has 1 N–H and O–H groups in total. The third-order valence-corrected chi connectivity index (χ3v) is 4.10. The first kappa shape index (κ1) is 17.5. The molecule has 4 aromatic rings. The smallest absolute Gasteiger partial charge is 0.255 e. The van der Waals surface area contributed by atoms with Crippen LogP contribution in [0.5, 0.6) is 0 Å². The van der Waals surface area contributed by atoms with Gasteiger partial charge in [0.1, 0.15) is 5.82 Å². The number of halogens is 1. The average molecular weight is 374 g/mol. The molecule has 6 nitrogen and oxygen atoms in total. The number of carbonyl (C=O) groups excluding carboxylic acids is 1. The van der Waals surface area contributed by atoms with Crippen molar-refractivity contribution in [3.63, 3.8) is 0 Å². The fraction of sp³-hybridized carbons (Fsp3) is 0.0476. The fourth-order valence-corrected chi connectivity index (χ4v) is 2.69. The van der Waals surface area contributed by atoms with E-state index in [9.17, 15) is 9.18 Å². The van der Waals surface area contributed by atoms with E-state index in [1.165, 1.54) is 24.3 Å². The summed E-state index contributed by atoms with van der Waals surface area (Å²) in [5.41, 5.74) is 2.57. The Morgan fingerprint density at radius 2 is 1.86 bits per heavy atom. The summed E-state index contributed by atoms with van der Waals surface area (Å²) in [7, 11) is 0. The van der Waals surface area contributed by atoms with Crippen molar-refractivity contribution in [1.82, 2.24) is 15.1 Å². The quantitative estimate of drug-likeness (QED) is 0.568. The summed E-state index contributed by atoms with van der Waals surface area (Å²) in [5, 5.41) is 6.82. The molecule has 0 fully saturated rings. The lowest BCUT2D eigenvalue weighted by Gasteiger charge is -2.09. The predicted octanol–water partition coefficient (Wildman–Crippen LogP) is 4.11. The maximum absolute atomic E-state index is 13.0. The Hall–Kier alpha value is -3.87. The number of nitrogens with zero attached hydrogens (tertiary/aromatic N) is 3. The summed E-state index contributed by atoms with van der Waals surface area (Å²) in [6, 6.07) is 16.4. The van der Waals surface area contributed by atoms with E-state index in [2.05, 4.69) is 20.4 Å². The molecule has 0 atom stereocenters. The molecule has 138 valence electrons. The molecular formula is C21H15FN4O2. The number of anilines is 1. The zero-order valence-corrected chi connectivity index (χ0v) is 14.7. The topological polar surface area (TPSA) is 80.9 Å². The van der Waals surface area contributed by atoms with Crippen molar-refractivity contribution in [2.75, 3.05) is 5.32 Å². The van der Waals surface area contributed by atoms with Gasteiger partial charge < -0.3 is 9.84 Å². The van der Waals surface area contributed by atoms with E-state index in [4.69, 9.17) is 4.52 Å². The van der Waals surface area contributed by atoms with Crippen molar-refractivity contribution in [3.05, 3.63) is 95.9 Å². The number of para-hydroxylation sites is 1. The van der Waals surface area contributed by atoms with Gasteiger partial charge in [0.2, 0.25) is 11.7 Å². The molecule has 0 aliphatic carbocycles. The van der Waals surface area contributed by atoms with E-state index in [-0.39, 0.29) is 5.91 Å². The van der Waals surface area contributed by atoms with Crippen LogP contribution >= 0.6 is 0 Å². The van der Waals surface area contributed by atoms with Gasteiger partial charge >= 0.3 is 0 Å². The third kappa shape index (κ3) is 3.93. The van der Waals surface area contributed by atoms with Gasteiger partial charge in [-0.25, -0.2) is 4.39 Å². The van der Waals surface area contributed by atoms with E-state index >= 15 is 0 Å². The summed E-state index contributed by atoms with van der Waals surface area (Å²) < 4.78 is 18.4. The molecule has 7 heteroatoms. The van der Waals surface area contributed by atoms with Gasteiger partial charge in [-0.2, -0.15) is 4.98 Å². The average Bonchev–Trinajstić information content (AvgIpc) is 3.19.